The van der Waals surface area contributed by atoms with Crippen molar-refractivity contribution in [1.82, 2.24) is 14.8 Å². The van der Waals surface area contributed by atoms with Crippen molar-refractivity contribution in [2.45, 2.75) is 26.2 Å². The zero-order valence-corrected chi connectivity index (χ0v) is 10.6. The second kappa shape index (κ2) is 4.25. The second-order valence-corrected chi connectivity index (χ2v) is 5.13. The van der Waals surface area contributed by atoms with E-state index in [1.807, 2.05) is 6.20 Å². The van der Waals surface area contributed by atoms with E-state index in [1.165, 1.54) is 18.3 Å². The Morgan fingerprint density at radius 3 is 2.67 bits per heavy atom. The minimum Gasteiger partial charge on any atom is -0.478 e. The summed E-state index contributed by atoms with van der Waals surface area (Å²) in [4.78, 5) is 15.0. The van der Waals surface area contributed by atoms with Crippen molar-refractivity contribution in [2.75, 3.05) is 0 Å². The fraction of sp³-hybridized carbons (Fsp3) is 0.308. The molecule has 1 N–H and O–H groups in total. The zero-order valence-electron chi connectivity index (χ0n) is 10.6. The summed E-state index contributed by atoms with van der Waals surface area (Å²) < 4.78 is 1.59. The average molecular weight is 245 g/mol. The van der Waals surface area contributed by atoms with Crippen LogP contribution in [-0.4, -0.2) is 25.8 Å². The van der Waals surface area contributed by atoms with Gasteiger partial charge in [0.1, 0.15) is 0 Å². The topological polar surface area (TPSA) is 68.0 Å². The van der Waals surface area contributed by atoms with Gasteiger partial charge in [0.05, 0.1) is 11.8 Å². The standard InChI is InChI=1S/C13H15N3O2/c1-13(2,3)10-7-15-16(8-10)11-6-9(12(17)18)4-5-14-11/h4-8H,1-3H3,(H,17,18). The fourth-order valence-electron chi connectivity index (χ4n) is 1.51. The first-order valence-electron chi connectivity index (χ1n) is 5.63. The molecule has 94 valence electrons. The summed E-state index contributed by atoms with van der Waals surface area (Å²) in [5.41, 5.74) is 1.28. The lowest BCUT2D eigenvalue weighted by Crippen LogP contribution is -2.09. The molecule has 0 spiro atoms. The predicted molar refractivity (Wildman–Crippen MR) is 67.0 cm³/mol. The van der Waals surface area contributed by atoms with Gasteiger partial charge < -0.3 is 5.11 Å². The average Bonchev–Trinajstić information content (AvgIpc) is 2.78. The molecule has 18 heavy (non-hydrogen) atoms. The van der Waals surface area contributed by atoms with Gasteiger partial charge in [0.25, 0.3) is 0 Å². The van der Waals surface area contributed by atoms with Gasteiger partial charge >= 0.3 is 5.97 Å². The third-order valence-corrected chi connectivity index (χ3v) is 2.68. The minimum absolute atomic E-state index is 0.00264. The lowest BCUT2D eigenvalue weighted by molar-refractivity contribution is 0.0696. The van der Waals surface area contributed by atoms with Crippen LogP contribution in [0.4, 0.5) is 0 Å². The molecule has 0 fully saturated rings. The van der Waals surface area contributed by atoms with Crippen LogP contribution in [0.2, 0.25) is 0 Å². The van der Waals surface area contributed by atoms with E-state index in [2.05, 4.69) is 30.9 Å². The molecule has 0 aliphatic carbocycles. The summed E-state index contributed by atoms with van der Waals surface area (Å²) in [6.45, 7) is 6.28. The van der Waals surface area contributed by atoms with E-state index in [9.17, 15) is 4.79 Å². The monoisotopic (exact) mass is 245 g/mol. The minimum atomic E-state index is -0.971. The number of carboxylic acids is 1. The Labute approximate surface area is 105 Å². The number of hydrogen-bond acceptors (Lipinski definition) is 3. The number of nitrogens with zero attached hydrogens (tertiary/aromatic N) is 3. The molecule has 0 unspecified atom stereocenters. The highest BCUT2D eigenvalue weighted by atomic mass is 16.4. The van der Waals surface area contributed by atoms with Crippen LogP contribution in [0.3, 0.4) is 0 Å². The van der Waals surface area contributed by atoms with Crippen LogP contribution < -0.4 is 0 Å². The first-order chi connectivity index (χ1) is 8.38. The Balaban J connectivity index is 2.40. The lowest BCUT2D eigenvalue weighted by atomic mass is 9.90. The molecule has 2 rings (SSSR count). The molecule has 2 aromatic rings. The maximum absolute atomic E-state index is 10.9. The first kappa shape index (κ1) is 12.3. The molecule has 0 aromatic carbocycles. The van der Waals surface area contributed by atoms with E-state index in [-0.39, 0.29) is 11.0 Å². The molecule has 2 aromatic heterocycles. The van der Waals surface area contributed by atoms with Crippen molar-refractivity contribution in [2.24, 2.45) is 0 Å². The van der Waals surface area contributed by atoms with Crippen LogP contribution in [0.15, 0.2) is 30.7 Å². The number of carbonyl (C=O) groups is 1. The summed E-state index contributed by atoms with van der Waals surface area (Å²) in [6, 6.07) is 2.96. The molecule has 2 heterocycles. The molecule has 0 aliphatic rings. The smallest absolute Gasteiger partial charge is 0.335 e. The Kier molecular flexibility index (Phi) is 2.90. The molecule has 0 atom stereocenters. The van der Waals surface area contributed by atoms with Crippen LogP contribution in [0.5, 0.6) is 0 Å². The van der Waals surface area contributed by atoms with Crippen molar-refractivity contribution in [3.8, 4) is 5.82 Å². The SMILES string of the molecule is CC(C)(C)c1cnn(-c2cc(C(=O)O)ccn2)c1. The lowest BCUT2D eigenvalue weighted by Gasteiger charge is -2.14. The number of rotatable bonds is 2. The van der Waals surface area contributed by atoms with Gasteiger partial charge in [-0.25, -0.2) is 14.5 Å². The van der Waals surface area contributed by atoms with Crippen molar-refractivity contribution >= 4 is 5.97 Å². The number of carboxylic acid groups (broad SMARTS) is 1. The van der Waals surface area contributed by atoms with Crippen LogP contribution in [0, 0.1) is 0 Å². The van der Waals surface area contributed by atoms with E-state index in [0.717, 1.165) is 5.56 Å². The Morgan fingerprint density at radius 1 is 1.39 bits per heavy atom. The summed E-state index contributed by atoms with van der Waals surface area (Å²) in [5, 5.41) is 13.1. The zero-order chi connectivity index (χ0) is 13.3. The van der Waals surface area contributed by atoms with Crippen LogP contribution >= 0.6 is 0 Å². The number of hydrogen-bond donors (Lipinski definition) is 1. The van der Waals surface area contributed by atoms with Crippen LogP contribution in [0.25, 0.3) is 5.82 Å². The number of aromatic nitrogens is 3. The van der Waals surface area contributed by atoms with Gasteiger partial charge in [-0.15, -0.1) is 0 Å². The van der Waals surface area contributed by atoms with Gasteiger partial charge in [0, 0.05) is 12.4 Å². The Bertz CT molecular complexity index is 582. The molecule has 0 saturated heterocycles. The molecule has 0 amide bonds. The fourth-order valence-corrected chi connectivity index (χ4v) is 1.51. The molecule has 5 heteroatoms. The van der Waals surface area contributed by atoms with Gasteiger partial charge in [0.15, 0.2) is 5.82 Å². The molecule has 0 radical (unpaired) electrons. The van der Waals surface area contributed by atoms with Crippen molar-refractivity contribution in [1.29, 1.82) is 0 Å². The van der Waals surface area contributed by atoms with Gasteiger partial charge in [-0.1, -0.05) is 20.8 Å². The normalized spacial score (nSPS) is 11.5. The largest absolute Gasteiger partial charge is 0.478 e. The van der Waals surface area contributed by atoms with Crippen molar-refractivity contribution in [3.63, 3.8) is 0 Å². The quantitative estimate of drug-likeness (QED) is 0.881. The van der Waals surface area contributed by atoms with Gasteiger partial charge in [-0.2, -0.15) is 5.10 Å². The molecule has 0 saturated carbocycles. The number of pyridine rings is 1. The van der Waals surface area contributed by atoms with Gasteiger partial charge in [-0.05, 0) is 23.1 Å². The van der Waals surface area contributed by atoms with Gasteiger partial charge in [0.2, 0.25) is 0 Å². The summed E-state index contributed by atoms with van der Waals surface area (Å²) in [6.07, 6.45) is 5.11. The van der Waals surface area contributed by atoms with E-state index in [0.29, 0.717) is 5.82 Å². The first-order valence-corrected chi connectivity index (χ1v) is 5.63. The van der Waals surface area contributed by atoms with Crippen molar-refractivity contribution < 1.29 is 9.90 Å². The third-order valence-electron chi connectivity index (χ3n) is 2.68. The molecular weight excluding hydrogens is 230 g/mol. The number of aromatic carboxylic acids is 1. The molecule has 5 nitrogen and oxygen atoms in total. The highest BCUT2D eigenvalue weighted by molar-refractivity contribution is 5.87. The van der Waals surface area contributed by atoms with E-state index in [4.69, 9.17) is 5.11 Å². The van der Waals surface area contributed by atoms with Crippen LogP contribution in [-0.2, 0) is 5.41 Å². The van der Waals surface area contributed by atoms with E-state index >= 15 is 0 Å². The molecular formula is C13H15N3O2. The Morgan fingerprint density at radius 2 is 2.11 bits per heavy atom. The maximum Gasteiger partial charge on any atom is 0.335 e. The highest BCUT2D eigenvalue weighted by Crippen LogP contribution is 2.22. The second-order valence-electron chi connectivity index (χ2n) is 5.13. The van der Waals surface area contributed by atoms with Gasteiger partial charge in [-0.3, -0.25) is 0 Å². The summed E-state index contributed by atoms with van der Waals surface area (Å²) in [7, 11) is 0. The molecule has 0 aliphatic heterocycles. The van der Waals surface area contributed by atoms with E-state index < -0.39 is 5.97 Å². The molecule has 0 bridgehead atoms. The van der Waals surface area contributed by atoms with Crippen molar-refractivity contribution in [3.05, 3.63) is 41.9 Å². The maximum atomic E-state index is 10.9. The van der Waals surface area contributed by atoms with Crippen LogP contribution in [0.1, 0.15) is 36.7 Å². The summed E-state index contributed by atoms with van der Waals surface area (Å²) in [5.74, 6) is -0.466. The summed E-state index contributed by atoms with van der Waals surface area (Å²) >= 11 is 0. The third kappa shape index (κ3) is 2.40. The highest BCUT2D eigenvalue weighted by Gasteiger charge is 2.16. The Hall–Kier alpha value is -2.17. The van der Waals surface area contributed by atoms with E-state index in [1.54, 1.807) is 10.9 Å². The predicted octanol–water partition coefficient (Wildman–Crippen LogP) is 2.26.